The average Bonchev–Trinajstić information content (AvgIpc) is 3.29. The van der Waals surface area contributed by atoms with Crippen molar-refractivity contribution in [2.75, 3.05) is 39.5 Å². The van der Waals surface area contributed by atoms with Crippen LogP contribution in [0, 0.1) is 0 Å². The van der Waals surface area contributed by atoms with Crippen molar-refractivity contribution in [2.45, 2.75) is 69.6 Å². The summed E-state index contributed by atoms with van der Waals surface area (Å²) in [6.07, 6.45) is 3.29. The first-order chi connectivity index (χ1) is 21.2. The Morgan fingerprint density at radius 3 is 2.11 bits per heavy atom. The molecule has 0 bridgehead atoms. The normalized spacial score (nSPS) is 13.4. The Labute approximate surface area is 271 Å². The fourth-order valence-electron chi connectivity index (χ4n) is 3.71. The van der Waals surface area contributed by atoms with Gasteiger partial charge in [-0.15, -0.1) is 0 Å². The summed E-state index contributed by atoms with van der Waals surface area (Å²) in [5, 5.41) is 12.1. The van der Waals surface area contributed by atoms with Crippen LogP contribution in [-0.4, -0.2) is 107 Å². The number of ether oxygens (including phenoxy) is 2. The standard InChI is InChI=1S/C30H42N4O9S2/c1-30(2,3)43-29(41)33(5)18-17-32(4)28(40)42-19-21-10-12-22(13-11-21)45-44-20-23(27(38)39)31-24(35)9-7-6-8-16-34-25(36)14-15-26(34)37/h10-15,23H,6-9,16-20H2,1-5H3,(H,31,35)(H,38,39)/t23-/m0/s1. The zero-order chi connectivity index (χ0) is 33.6. The maximum Gasteiger partial charge on any atom is 0.410 e. The van der Waals surface area contributed by atoms with Gasteiger partial charge in [0.25, 0.3) is 11.8 Å². The molecule has 248 valence electrons. The van der Waals surface area contributed by atoms with Gasteiger partial charge in [-0.2, -0.15) is 0 Å². The number of imide groups is 1. The van der Waals surface area contributed by atoms with E-state index < -0.39 is 29.8 Å². The molecule has 0 saturated carbocycles. The number of aliphatic carboxylic acids is 1. The van der Waals surface area contributed by atoms with E-state index in [1.165, 1.54) is 43.5 Å². The van der Waals surface area contributed by atoms with Gasteiger partial charge in [0, 0.05) is 63.0 Å². The molecule has 45 heavy (non-hydrogen) atoms. The van der Waals surface area contributed by atoms with E-state index in [1.807, 2.05) is 12.1 Å². The Morgan fingerprint density at radius 2 is 1.53 bits per heavy atom. The molecule has 1 atom stereocenters. The summed E-state index contributed by atoms with van der Waals surface area (Å²) in [7, 11) is 5.83. The summed E-state index contributed by atoms with van der Waals surface area (Å²) in [5.74, 6) is -2.03. The van der Waals surface area contributed by atoms with Crippen LogP contribution in [0.25, 0.3) is 0 Å². The molecule has 1 heterocycles. The van der Waals surface area contributed by atoms with Crippen molar-refractivity contribution >= 4 is 57.5 Å². The third-order valence-corrected chi connectivity index (χ3v) is 8.67. The molecule has 0 fully saturated rings. The number of nitrogens with zero attached hydrogens (tertiary/aromatic N) is 3. The lowest BCUT2D eigenvalue weighted by atomic mass is 10.1. The van der Waals surface area contributed by atoms with Crippen LogP contribution in [0.2, 0.25) is 0 Å². The fraction of sp³-hybridized carbons (Fsp3) is 0.533. The first-order valence-electron chi connectivity index (χ1n) is 14.4. The van der Waals surface area contributed by atoms with Crippen molar-refractivity contribution in [3.05, 3.63) is 42.0 Å². The lowest BCUT2D eigenvalue weighted by Gasteiger charge is -2.26. The van der Waals surface area contributed by atoms with E-state index in [9.17, 15) is 33.9 Å². The number of benzene rings is 1. The maximum atomic E-state index is 12.3. The highest BCUT2D eigenvalue weighted by Crippen LogP contribution is 2.31. The van der Waals surface area contributed by atoms with E-state index in [4.69, 9.17) is 9.47 Å². The molecule has 5 amide bonds. The third-order valence-electron chi connectivity index (χ3n) is 6.28. The minimum Gasteiger partial charge on any atom is -0.480 e. The van der Waals surface area contributed by atoms with Gasteiger partial charge in [0.1, 0.15) is 18.2 Å². The average molecular weight is 667 g/mol. The van der Waals surface area contributed by atoms with E-state index in [0.717, 1.165) is 15.4 Å². The zero-order valence-electron chi connectivity index (χ0n) is 26.3. The second-order valence-corrected chi connectivity index (χ2v) is 13.7. The minimum atomic E-state index is -1.13. The highest BCUT2D eigenvalue weighted by molar-refractivity contribution is 8.76. The van der Waals surface area contributed by atoms with E-state index in [0.29, 0.717) is 19.3 Å². The van der Waals surface area contributed by atoms with Crippen molar-refractivity contribution in [1.82, 2.24) is 20.0 Å². The van der Waals surface area contributed by atoms with Gasteiger partial charge in [-0.3, -0.25) is 19.3 Å². The number of hydrogen-bond donors (Lipinski definition) is 2. The summed E-state index contributed by atoms with van der Waals surface area (Å²) in [6.45, 7) is 6.23. The van der Waals surface area contributed by atoms with Crippen LogP contribution in [0.1, 0.15) is 52.0 Å². The van der Waals surface area contributed by atoms with Crippen LogP contribution in [0.5, 0.6) is 0 Å². The van der Waals surface area contributed by atoms with E-state index in [2.05, 4.69) is 5.32 Å². The van der Waals surface area contributed by atoms with Crippen LogP contribution in [0.4, 0.5) is 9.59 Å². The van der Waals surface area contributed by atoms with Gasteiger partial charge in [-0.1, -0.05) is 40.1 Å². The number of rotatable bonds is 17. The Balaban J connectivity index is 1.65. The summed E-state index contributed by atoms with van der Waals surface area (Å²) >= 11 is 0. The van der Waals surface area contributed by atoms with Gasteiger partial charge in [0.05, 0.1) is 0 Å². The van der Waals surface area contributed by atoms with Crippen molar-refractivity contribution in [3.63, 3.8) is 0 Å². The van der Waals surface area contributed by atoms with Crippen LogP contribution in [0.3, 0.4) is 0 Å². The quantitative estimate of drug-likeness (QED) is 0.141. The van der Waals surface area contributed by atoms with E-state index in [1.54, 1.807) is 47.0 Å². The monoisotopic (exact) mass is 666 g/mol. The molecule has 0 saturated heterocycles. The maximum absolute atomic E-state index is 12.3. The molecule has 1 aromatic rings. The first-order valence-corrected chi connectivity index (χ1v) is 16.7. The molecular formula is C30H42N4O9S2. The zero-order valence-corrected chi connectivity index (χ0v) is 27.9. The van der Waals surface area contributed by atoms with Gasteiger partial charge >= 0.3 is 18.2 Å². The number of carboxylic acid groups (broad SMARTS) is 1. The number of carboxylic acids is 1. The van der Waals surface area contributed by atoms with Gasteiger partial charge in [0.2, 0.25) is 5.91 Å². The van der Waals surface area contributed by atoms with Gasteiger partial charge < -0.3 is 29.7 Å². The van der Waals surface area contributed by atoms with Gasteiger partial charge in [-0.25, -0.2) is 14.4 Å². The van der Waals surface area contributed by atoms with Gasteiger partial charge in [0.15, 0.2) is 0 Å². The second kappa shape index (κ2) is 18.3. The lowest BCUT2D eigenvalue weighted by molar-refractivity contribution is -0.141. The molecule has 0 radical (unpaired) electrons. The number of nitrogens with one attached hydrogen (secondary N) is 1. The number of unbranched alkanes of at least 4 members (excludes halogenated alkanes) is 2. The molecule has 0 aromatic heterocycles. The van der Waals surface area contributed by atoms with Crippen LogP contribution < -0.4 is 5.32 Å². The molecule has 0 aliphatic carbocycles. The molecule has 1 aromatic carbocycles. The van der Waals surface area contributed by atoms with Crippen molar-refractivity contribution in [2.24, 2.45) is 0 Å². The van der Waals surface area contributed by atoms with Crippen molar-refractivity contribution in [3.8, 4) is 0 Å². The van der Waals surface area contributed by atoms with Crippen molar-refractivity contribution < 1.29 is 43.3 Å². The predicted octanol–water partition coefficient (Wildman–Crippen LogP) is 3.92. The molecule has 1 aliphatic rings. The molecule has 1 aliphatic heterocycles. The molecule has 2 N–H and O–H groups in total. The summed E-state index contributed by atoms with van der Waals surface area (Å²) < 4.78 is 10.7. The summed E-state index contributed by atoms with van der Waals surface area (Å²) in [5.41, 5.74) is 0.160. The smallest absolute Gasteiger partial charge is 0.410 e. The number of carbonyl (C=O) groups is 6. The SMILES string of the molecule is CN(CCN(C)C(=O)OC(C)(C)C)C(=O)OCc1ccc(SSC[C@H](NC(=O)CCCCCN2C(=O)C=CC2=O)C(=O)O)cc1. The molecule has 2 rings (SSSR count). The minimum absolute atomic E-state index is 0.0575. The second-order valence-electron chi connectivity index (χ2n) is 11.3. The Morgan fingerprint density at radius 1 is 0.933 bits per heavy atom. The number of hydrogen-bond acceptors (Lipinski definition) is 10. The first kappa shape index (κ1) is 37.5. The highest BCUT2D eigenvalue weighted by Gasteiger charge is 2.23. The molecule has 13 nitrogen and oxygen atoms in total. The topological polar surface area (TPSA) is 163 Å². The van der Waals surface area contributed by atoms with Crippen LogP contribution in [0.15, 0.2) is 41.3 Å². The largest absolute Gasteiger partial charge is 0.480 e. The number of amides is 5. The Hall–Kier alpha value is -3.72. The highest BCUT2D eigenvalue weighted by atomic mass is 33.1. The van der Waals surface area contributed by atoms with Crippen LogP contribution in [-0.2, 0) is 35.3 Å². The van der Waals surface area contributed by atoms with E-state index in [-0.39, 0.29) is 56.1 Å². The summed E-state index contributed by atoms with van der Waals surface area (Å²) in [4.78, 5) is 76.2. The van der Waals surface area contributed by atoms with Crippen molar-refractivity contribution in [1.29, 1.82) is 0 Å². The molecular weight excluding hydrogens is 624 g/mol. The third kappa shape index (κ3) is 14.3. The number of carbonyl (C=O) groups excluding carboxylic acids is 5. The Bertz CT molecular complexity index is 1220. The molecule has 15 heteroatoms. The fourth-order valence-corrected chi connectivity index (χ4v) is 5.88. The van der Waals surface area contributed by atoms with E-state index >= 15 is 0 Å². The van der Waals surface area contributed by atoms with Crippen LogP contribution >= 0.6 is 21.6 Å². The predicted molar refractivity (Wildman–Crippen MR) is 170 cm³/mol. The summed E-state index contributed by atoms with van der Waals surface area (Å²) in [6, 6.07) is 6.20. The number of likely N-dealkylation sites (N-methyl/N-ethyl adjacent to an activating group) is 2. The molecule has 0 unspecified atom stereocenters. The van der Waals surface area contributed by atoms with Gasteiger partial charge in [-0.05, 0) is 51.3 Å². The lowest BCUT2D eigenvalue weighted by Crippen LogP contribution is -2.42. The Kier molecular flexibility index (Phi) is 15.2. The molecule has 0 spiro atoms.